The molecule has 0 rings (SSSR count). The second kappa shape index (κ2) is 11.4. The summed E-state index contributed by atoms with van der Waals surface area (Å²) in [4.78, 5) is 10.5. The molecule has 0 saturated heterocycles. The van der Waals surface area contributed by atoms with Gasteiger partial charge in [-0.25, -0.2) is 0 Å². The molecule has 0 bridgehead atoms. The summed E-state index contributed by atoms with van der Waals surface area (Å²) in [5.41, 5.74) is 0. The van der Waals surface area contributed by atoms with Crippen molar-refractivity contribution >= 4 is 17.6 Å². The Balaban J connectivity index is 4.03. The van der Waals surface area contributed by atoms with Crippen molar-refractivity contribution in [1.82, 2.24) is 0 Å². The van der Waals surface area contributed by atoms with Crippen LogP contribution in [0.4, 0.5) is 0 Å². The maximum absolute atomic E-state index is 10.5. The summed E-state index contributed by atoms with van der Waals surface area (Å²) in [6.07, 6.45) is 6.72. The fraction of sp³-hybridized carbons (Fsp3) is 0.267. The Morgan fingerprint density at radius 1 is 1.22 bits per heavy atom. The molecule has 0 aromatic heterocycles. The topological polar surface area (TPSA) is 26.3 Å². The number of ether oxygens (including phenoxy) is 1. The van der Waals surface area contributed by atoms with E-state index in [2.05, 4.69) is 35.5 Å². The monoisotopic (exact) mass is 260 g/mol. The number of hydrogen-bond donors (Lipinski definition) is 0. The Labute approximate surface area is 113 Å². The van der Waals surface area contributed by atoms with Gasteiger partial charge in [0.05, 0.1) is 5.38 Å². The fourth-order valence-electron chi connectivity index (χ4n) is 0.706. The first kappa shape index (κ1) is 15.9. The first-order valence-corrected chi connectivity index (χ1v) is 5.66. The van der Waals surface area contributed by atoms with E-state index in [9.17, 15) is 4.79 Å². The Morgan fingerprint density at radius 3 is 2.39 bits per heavy atom. The van der Waals surface area contributed by atoms with Gasteiger partial charge in [-0.2, -0.15) is 0 Å². The van der Waals surface area contributed by atoms with Gasteiger partial charge >= 0.3 is 5.97 Å². The molecule has 2 nitrogen and oxygen atoms in total. The van der Waals surface area contributed by atoms with Crippen molar-refractivity contribution in [2.45, 2.75) is 19.2 Å². The van der Waals surface area contributed by atoms with E-state index in [1.807, 2.05) is 13.0 Å². The molecule has 0 N–H and O–H groups in total. The quantitative estimate of drug-likeness (QED) is 0.442. The number of hydrogen-bond acceptors (Lipinski definition) is 2. The van der Waals surface area contributed by atoms with Gasteiger partial charge in [0.2, 0.25) is 0 Å². The van der Waals surface area contributed by atoms with Crippen LogP contribution in [0.1, 0.15) is 13.8 Å². The predicted molar refractivity (Wildman–Crippen MR) is 73.6 cm³/mol. The van der Waals surface area contributed by atoms with Crippen molar-refractivity contribution < 1.29 is 9.53 Å². The number of alkyl halides is 1. The van der Waals surface area contributed by atoms with E-state index in [4.69, 9.17) is 16.3 Å². The minimum Gasteiger partial charge on any atom is -0.464 e. The van der Waals surface area contributed by atoms with E-state index >= 15 is 0 Å². The van der Waals surface area contributed by atoms with Crippen molar-refractivity contribution in [2.75, 3.05) is 6.61 Å². The predicted octanol–water partition coefficient (Wildman–Crippen LogP) is 2.30. The number of rotatable bonds is 3. The third-order valence-corrected chi connectivity index (χ3v) is 1.69. The molecule has 0 radical (unpaired) electrons. The number of allylic oxidation sites excluding steroid dienone is 3. The third kappa shape index (κ3) is 12.0. The zero-order valence-corrected chi connectivity index (χ0v) is 11.0. The van der Waals surface area contributed by atoms with Gasteiger partial charge < -0.3 is 4.74 Å². The zero-order chi connectivity index (χ0) is 13.6. The molecule has 1 unspecified atom stereocenters. The summed E-state index contributed by atoms with van der Waals surface area (Å²) in [5.74, 6) is 15.4. The average Bonchev–Trinajstić information content (AvgIpc) is 2.34. The number of halogens is 1. The second-order valence-corrected chi connectivity index (χ2v) is 3.53. The third-order valence-electron chi connectivity index (χ3n) is 1.42. The van der Waals surface area contributed by atoms with Crippen molar-refractivity contribution in [1.29, 1.82) is 0 Å². The van der Waals surface area contributed by atoms with Crippen molar-refractivity contribution in [3.63, 3.8) is 0 Å². The Kier molecular flexibility index (Phi) is 10.1. The summed E-state index contributed by atoms with van der Waals surface area (Å²) in [7, 11) is 0. The molecule has 0 aliphatic heterocycles. The first-order chi connectivity index (χ1) is 8.66. The van der Waals surface area contributed by atoms with Crippen LogP contribution in [0, 0.1) is 35.5 Å². The highest BCUT2D eigenvalue weighted by atomic mass is 35.5. The minimum atomic E-state index is -0.384. The summed E-state index contributed by atoms with van der Waals surface area (Å²) in [5, 5.41) is -0.384. The highest BCUT2D eigenvalue weighted by Gasteiger charge is 2.00. The lowest BCUT2D eigenvalue weighted by atomic mass is 10.4. The van der Waals surface area contributed by atoms with Crippen LogP contribution in [0.5, 0.6) is 0 Å². The number of esters is 1. The number of carbonyl (C=O) groups is 1. The molecule has 92 valence electrons. The molecule has 0 aromatic carbocycles. The molecule has 0 amide bonds. The van der Waals surface area contributed by atoms with Crippen LogP contribution in [-0.4, -0.2) is 18.0 Å². The highest BCUT2D eigenvalue weighted by molar-refractivity contribution is 6.22. The van der Waals surface area contributed by atoms with Gasteiger partial charge in [-0.1, -0.05) is 24.0 Å². The molecule has 0 fully saturated rings. The average molecular weight is 261 g/mol. The maximum Gasteiger partial charge on any atom is 0.302 e. The van der Waals surface area contributed by atoms with Crippen LogP contribution in [0.25, 0.3) is 0 Å². The molecular weight excluding hydrogens is 248 g/mol. The molecule has 18 heavy (non-hydrogen) atoms. The van der Waals surface area contributed by atoms with Crippen molar-refractivity contribution in [3.05, 3.63) is 24.3 Å². The fourth-order valence-corrected chi connectivity index (χ4v) is 0.842. The second-order valence-electron chi connectivity index (χ2n) is 2.97. The minimum absolute atomic E-state index is 0.134. The first-order valence-electron chi connectivity index (χ1n) is 5.23. The largest absolute Gasteiger partial charge is 0.464 e. The standard InChI is InChI=1S/C15H13ClO2/c1-3-4-5-6-7-8-9-10-11-12-15(16)13-18-14(2)17/h3-4,11-12,15H,13H2,1-2H3/b4-3+,12-11+. The summed E-state index contributed by atoms with van der Waals surface area (Å²) < 4.78 is 4.71. The van der Waals surface area contributed by atoms with Crippen molar-refractivity contribution in [2.24, 2.45) is 0 Å². The van der Waals surface area contributed by atoms with Gasteiger partial charge in [0.25, 0.3) is 0 Å². The molecule has 0 heterocycles. The van der Waals surface area contributed by atoms with Crippen molar-refractivity contribution in [3.8, 4) is 35.5 Å². The highest BCUT2D eigenvalue weighted by Crippen LogP contribution is 1.98. The summed E-state index contributed by atoms with van der Waals surface area (Å²) >= 11 is 5.82. The van der Waals surface area contributed by atoms with Gasteiger partial charge in [-0.3, -0.25) is 4.79 Å². The summed E-state index contributed by atoms with van der Waals surface area (Å²) in [6.45, 7) is 3.35. The van der Waals surface area contributed by atoms with Gasteiger partial charge in [0.15, 0.2) is 0 Å². The van der Waals surface area contributed by atoms with E-state index in [1.54, 1.807) is 18.2 Å². The van der Waals surface area contributed by atoms with Crippen LogP contribution in [0.15, 0.2) is 24.3 Å². The lowest BCUT2D eigenvalue weighted by Crippen LogP contribution is -2.09. The molecule has 1 atom stereocenters. The lowest BCUT2D eigenvalue weighted by Gasteiger charge is -2.02. The molecule has 0 aromatic rings. The molecule has 0 saturated carbocycles. The van der Waals surface area contributed by atoms with E-state index in [1.165, 1.54) is 6.92 Å². The van der Waals surface area contributed by atoms with E-state index < -0.39 is 0 Å². The summed E-state index contributed by atoms with van der Waals surface area (Å²) in [6, 6.07) is 0. The van der Waals surface area contributed by atoms with E-state index in [-0.39, 0.29) is 18.0 Å². The molecule has 3 heteroatoms. The van der Waals surface area contributed by atoms with Gasteiger partial charge in [-0.05, 0) is 42.8 Å². The Hall–Kier alpha value is -2.08. The molecule has 0 aliphatic carbocycles. The number of carbonyl (C=O) groups excluding carboxylic acids is 1. The molecule has 0 aliphatic rings. The lowest BCUT2D eigenvalue weighted by molar-refractivity contribution is -0.140. The van der Waals surface area contributed by atoms with Gasteiger partial charge in [0.1, 0.15) is 6.61 Å². The smallest absolute Gasteiger partial charge is 0.302 e. The van der Waals surface area contributed by atoms with Gasteiger partial charge in [0, 0.05) is 6.92 Å². The maximum atomic E-state index is 10.5. The van der Waals surface area contributed by atoms with Gasteiger partial charge in [-0.15, -0.1) is 11.6 Å². The van der Waals surface area contributed by atoms with Crippen LogP contribution in [-0.2, 0) is 9.53 Å². The Bertz CT molecular complexity index is 496. The van der Waals surface area contributed by atoms with E-state index in [0.717, 1.165) is 0 Å². The van der Waals surface area contributed by atoms with E-state index in [0.29, 0.717) is 0 Å². The SMILES string of the molecule is C/C=C/C#CC#CC#C/C=C/C(Cl)COC(C)=O. The normalized spacial score (nSPS) is 10.6. The molecular formula is C15H13ClO2. The van der Waals surface area contributed by atoms with Crippen LogP contribution in [0.2, 0.25) is 0 Å². The molecule has 0 spiro atoms. The van der Waals surface area contributed by atoms with Crippen LogP contribution in [0.3, 0.4) is 0 Å². The van der Waals surface area contributed by atoms with Crippen LogP contribution >= 0.6 is 11.6 Å². The zero-order valence-electron chi connectivity index (χ0n) is 10.3. The van der Waals surface area contributed by atoms with Crippen LogP contribution < -0.4 is 0 Å². The Morgan fingerprint density at radius 2 is 1.83 bits per heavy atom.